The van der Waals surface area contributed by atoms with Gasteiger partial charge in [0.2, 0.25) is 0 Å². The lowest BCUT2D eigenvalue weighted by atomic mass is 10.1. The summed E-state index contributed by atoms with van der Waals surface area (Å²) >= 11 is 0. The molecule has 0 saturated carbocycles. The maximum absolute atomic E-state index is 10.9. The maximum atomic E-state index is 10.9. The number of hydrogen-bond donors (Lipinski definition) is 1. The van der Waals surface area contributed by atoms with E-state index < -0.39 is 5.97 Å². The van der Waals surface area contributed by atoms with Crippen LogP contribution in [0.1, 0.15) is 36.5 Å². The summed E-state index contributed by atoms with van der Waals surface area (Å²) in [4.78, 5) is 10.9. The highest BCUT2D eigenvalue weighted by Crippen LogP contribution is 2.29. The molecule has 0 aliphatic carbocycles. The van der Waals surface area contributed by atoms with Gasteiger partial charge in [0.1, 0.15) is 17.3 Å². The minimum atomic E-state index is -0.936. The molecular formula is C22H22O4. The quantitative estimate of drug-likeness (QED) is 0.515. The minimum Gasteiger partial charge on any atom is -0.494 e. The Hall–Kier alpha value is -3.01. The van der Waals surface area contributed by atoms with Crippen LogP contribution >= 0.6 is 0 Å². The molecular weight excluding hydrogens is 328 g/mol. The Kier molecular flexibility index (Phi) is 5.74. The van der Waals surface area contributed by atoms with E-state index in [1.807, 2.05) is 36.4 Å². The van der Waals surface area contributed by atoms with Crippen LogP contribution in [0.5, 0.6) is 5.75 Å². The molecule has 2 aromatic carbocycles. The van der Waals surface area contributed by atoms with Gasteiger partial charge in [-0.3, -0.25) is 0 Å². The molecule has 134 valence electrons. The minimum absolute atomic E-state index is 0.259. The largest absolute Gasteiger partial charge is 0.494 e. The fourth-order valence-corrected chi connectivity index (χ4v) is 2.68. The molecule has 0 aliphatic heterocycles. The van der Waals surface area contributed by atoms with Crippen molar-refractivity contribution in [2.24, 2.45) is 0 Å². The third-order valence-electron chi connectivity index (χ3n) is 4.18. The number of carboxylic acid groups (broad SMARTS) is 1. The fourth-order valence-electron chi connectivity index (χ4n) is 2.68. The van der Waals surface area contributed by atoms with Gasteiger partial charge in [-0.1, -0.05) is 31.9 Å². The average Bonchev–Trinajstić information content (AvgIpc) is 3.16. The summed E-state index contributed by atoms with van der Waals surface area (Å²) in [5, 5.41) is 8.97. The number of unbranched alkanes of at least 4 members (excludes halogenated alkanes) is 2. The lowest BCUT2D eigenvalue weighted by Gasteiger charge is -2.06. The Morgan fingerprint density at radius 1 is 0.885 bits per heavy atom. The van der Waals surface area contributed by atoms with Crippen molar-refractivity contribution in [2.45, 2.75) is 26.2 Å². The molecule has 1 N–H and O–H groups in total. The van der Waals surface area contributed by atoms with Gasteiger partial charge in [-0.2, -0.15) is 0 Å². The second-order valence-corrected chi connectivity index (χ2v) is 6.13. The molecule has 0 saturated heterocycles. The second kappa shape index (κ2) is 8.39. The molecule has 4 nitrogen and oxygen atoms in total. The van der Waals surface area contributed by atoms with E-state index in [2.05, 4.69) is 6.92 Å². The average molecular weight is 350 g/mol. The molecule has 3 aromatic rings. The lowest BCUT2D eigenvalue weighted by molar-refractivity contribution is 0.0697. The first-order chi connectivity index (χ1) is 12.7. The summed E-state index contributed by atoms with van der Waals surface area (Å²) in [7, 11) is 0. The van der Waals surface area contributed by atoms with Gasteiger partial charge in [0.25, 0.3) is 0 Å². The normalized spacial score (nSPS) is 10.7. The molecule has 26 heavy (non-hydrogen) atoms. The molecule has 4 heteroatoms. The number of aromatic carboxylic acids is 1. The van der Waals surface area contributed by atoms with Crippen LogP contribution in [0.2, 0.25) is 0 Å². The van der Waals surface area contributed by atoms with Crippen LogP contribution < -0.4 is 4.74 Å². The van der Waals surface area contributed by atoms with Crippen molar-refractivity contribution in [1.29, 1.82) is 0 Å². The summed E-state index contributed by atoms with van der Waals surface area (Å²) in [6, 6.07) is 18.3. The van der Waals surface area contributed by atoms with Crippen LogP contribution in [-0.2, 0) is 0 Å². The highest BCUT2D eigenvalue weighted by molar-refractivity contribution is 5.88. The third-order valence-corrected chi connectivity index (χ3v) is 4.18. The zero-order valence-corrected chi connectivity index (χ0v) is 14.8. The lowest BCUT2D eigenvalue weighted by Crippen LogP contribution is -1.96. The third kappa shape index (κ3) is 4.33. The number of hydrogen-bond acceptors (Lipinski definition) is 3. The molecule has 0 bridgehead atoms. The van der Waals surface area contributed by atoms with E-state index in [4.69, 9.17) is 14.3 Å². The highest BCUT2D eigenvalue weighted by Gasteiger charge is 2.08. The van der Waals surface area contributed by atoms with E-state index in [1.54, 1.807) is 24.3 Å². The maximum Gasteiger partial charge on any atom is 0.335 e. The van der Waals surface area contributed by atoms with Gasteiger partial charge in [-0.25, -0.2) is 4.79 Å². The molecule has 0 spiro atoms. The predicted molar refractivity (Wildman–Crippen MR) is 102 cm³/mol. The van der Waals surface area contributed by atoms with Gasteiger partial charge in [0, 0.05) is 11.1 Å². The summed E-state index contributed by atoms with van der Waals surface area (Å²) < 4.78 is 11.6. The number of furan rings is 1. The van der Waals surface area contributed by atoms with E-state index in [1.165, 1.54) is 12.8 Å². The number of benzene rings is 2. The van der Waals surface area contributed by atoms with Crippen molar-refractivity contribution in [2.75, 3.05) is 6.61 Å². The molecule has 0 atom stereocenters. The van der Waals surface area contributed by atoms with E-state index in [-0.39, 0.29) is 5.56 Å². The molecule has 0 fully saturated rings. The zero-order valence-electron chi connectivity index (χ0n) is 14.8. The standard InChI is InChI=1S/C22H22O4/c1-2-3-4-15-25-19-11-9-17(10-12-19)21-14-13-20(26-21)16-5-7-18(8-6-16)22(23)24/h5-14H,2-4,15H2,1H3,(H,23,24). The first-order valence-electron chi connectivity index (χ1n) is 8.84. The smallest absolute Gasteiger partial charge is 0.335 e. The van der Waals surface area contributed by atoms with Crippen LogP contribution in [0.15, 0.2) is 65.1 Å². The summed E-state index contributed by atoms with van der Waals surface area (Å²) in [6.45, 7) is 2.91. The first-order valence-corrected chi connectivity index (χ1v) is 8.84. The summed E-state index contributed by atoms with van der Waals surface area (Å²) in [5.74, 6) is 1.39. The Morgan fingerprint density at radius 3 is 2.00 bits per heavy atom. The molecule has 0 aliphatic rings. The van der Waals surface area contributed by atoms with Crippen molar-refractivity contribution in [3.05, 3.63) is 66.2 Å². The van der Waals surface area contributed by atoms with Crippen LogP contribution in [-0.4, -0.2) is 17.7 Å². The molecule has 0 unspecified atom stereocenters. The summed E-state index contributed by atoms with van der Waals surface area (Å²) in [6.07, 6.45) is 3.43. The number of carbonyl (C=O) groups is 1. The Morgan fingerprint density at radius 2 is 1.46 bits per heavy atom. The summed E-state index contributed by atoms with van der Waals surface area (Å²) in [5.41, 5.74) is 2.08. The van der Waals surface area contributed by atoms with Gasteiger partial charge in [0.15, 0.2) is 0 Å². The van der Waals surface area contributed by atoms with E-state index in [0.29, 0.717) is 5.76 Å². The fraction of sp³-hybridized carbons (Fsp3) is 0.227. The van der Waals surface area contributed by atoms with Crippen molar-refractivity contribution in [1.82, 2.24) is 0 Å². The van der Waals surface area contributed by atoms with Gasteiger partial charge < -0.3 is 14.3 Å². The molecule has 1 heterocycles. The zero-order chi connectivity index (χ0) is 18.4. The van der Waals surface area contributed by atoms with E-state index in [0.717, 1.165) is 35.7 Å². The highest BCUT2D eigenvalue weighted by atomic mass is 16.5. The van der Waals surface area contributed by atoms with Crippen molar-refractivity contribution >= 4 is 5.97 Å². The second-order valence-electron chi connectivity index (χ2n) is 6.13. The monoisotopic (exact) mass is 350 g/mol. The van der Waals surface area contributed by atoms with E-state index >= 15 is 0 Å². The Labute approximate surface area is 153 Å². The SMILES string of the molecule is CCCCCOc1ccc(-c2ccc(-c3ccc(C(=O)O)cc3)o2)cc1. The van der Waals surface area contributed by atoms with Gasteiger partial charge >= 0.3 is 5.97 Å². The van der Waals surface area contributed by atoms with Gasteiger partial charge in [-0.05, 0) is 55.0 Å². The van der Waals surface area contributed by atoms with Crippen molar-refractivity contribution in [3.63, 3.8) is 0 Å². The molecule has 0 amide bonds. The molecule has 1 aromatic heterocycles. The number of carboxylic acids is 1. The van der Waals surface area contributed by atoms with Crippen molar-refractivity contribution in [3.8, 4) is 28.4 Å². The number of ether oxygens (including phenoxy) is 1. The predicted octanol–water partition coefficient (Wildman–Crippen LogP) is 5.88. The molecule has 0 radical (unpaired) electrons. The topological polar surface area (TPSA) is 59.7 Å². The van der Waals surface area contributed by atoms with Gasteiger partial charge in [-0.15, -0.1) is 0 Å². The number of rotatable bonds is 8. The van der Waals surface area contributed by atoms with Crippen LogP contribution in [0.3, 0.4) is 0 Å². The van der Waals surface area contributed by atoms with Crippen LogP contribution in [0, 0.1) is 0 Å². The van der Waals surface area contributed by atoms with Gasteiger partial charge in [0.05, 0.1) is 12.2 Å². The Bertz CT molecular complexity index is 845. The Balaban J connectivity index is 1.68. The molecule has 3 rings (SSSR count). The van der Waals surface area contributed by atoms with Crippen molar-refractivity contribution < 1.29 is 19.1 Å². The van der Waals surface area contributed by atoms with Crippen LogP contribution in [0.4, 0.5) is 0 Å². The van der Waals surface area contributed by atoms with E-state index in [9.17, 15) is 4.79 Å². The first kappa shape index (κ1) is 17.8. The van der Waals surface area contributed by atoms with Crippen LogP contribution in [0.25, 0.3) is 22.6 Å².